The summed E-state index contributed by atoms with van der Waals surface area (Å²) in [5, 5.41) is 0. The summed E-state index contributed by atoms with van der Waals surface area (Å²) in [6.45, 7) is 11.0. The molecular weight excluding hydrogens is 276 g/mol. The average Bonchev–Trinajstić information content (AvgIpc) is 2.19. The Morgan fingerprint density at radius 1 is 1.24 bits per heavy atom. The van der Waals surface area contributed by atoms with Crippen LogP contribution in [0.1, 0.15) is 33.3 Å². The lowest BCUT2D eigenvalue weighted by atomic mass is 10.1. The maximum atomic E-state index is 6.04. The fourth-order valence-corrected chi connectivity index (χ4v) is 2.23. The molecule has 2 N–H and O–H groups in total. The van der Waals surface area contributed by atoms with Crippen molar-refractivity contribution in [3.8, 4) is 0 Å². The van der Waals surface area contributed by atoms with Crippen molar-refractivity contribution in [2.24, 2.45) is 5.92 Å². The van der Waals surface area contributed by atoms with Gasteiger partial charge in [-0.2, -0.15) is 0 Å². The Morgan fingerprint density at radius 2 is 1.88 bits per heavy atom. The molecule has 0 bridgehead atoms. The van der Waals surface area contributed by atoms with Crippen molar-refractivity contribution in [3.63, 3.8) is 0 Å². The van der Waals surface area contributed by atoms with Gasteiger partial charge in [0, 0.05) is 29.3 Å². The van der Waals surface area contributed by atoms with Crippen molar-refractivity contribution in [2.75, 3.05) is 12.3 Å². The van der Waals surface area contributed by atoms with E-state index in [0.29, 0.717) is 12.0 Å². The highest BCUT2D eigenvalue weighted by molar-refractivity contribution is 9.10. The maximum absolute atomic E-state index is 6.04. The van der Waals surface area contributed by atoms with Crippen LogP contribution in [0.4, 0.5) is 5.69 Å². The van der Waals surface area contributed by atoms with E-state index in [1.807, 2.05) is 6.07 Å². The molecule has 0 spiro atoms. The molecule has 0 heterocycles. The van der Waals surface area contributed by atoms with E-state index < -0.39 is 0 Å². The van der Waals surface area contributed by atoms with E-state index in [2.05, 4.69) is 60.7 Å². The summed E-state index contributed by atoms with van der Waals surface area (Å²) in [5.41, 5.74) is 8.12. The Morgan fingerprint density at radius 3 is 2.35 bits per heavy atom. The number of nitrogens with two attached hydrogens (primary N) is 1. The van der Waals surface area contributed by atoms with E-state index in [0.717, 1.165) is 23.2 Å². The molecule has 0 unspecified atom stereocenters. The highest BCUT2D eigenvalue weighted by Gasteiger charge is 2.13. The Bertz CT molecular complexity index is 361. The lowest BCUT2D eigenvalue weighted by Gasteiger charge is -2.28. The highest BCUT2D eigenvalue weighted by atomic mass is 79.9. The number of halogens is 1. The van der Waals surface area contributed by atoms with Crippen LogP contribution < -0.4 is 5.73 Å². The van der Waals surface area contributed by atoms with Gasteiger partial charge >= 0.3 is 0 Å². The van der Waals surface area contributed by atoms with Crippen LogP contribution in [0, 0.1) is 5.92 Å². The molecule has 2 nitrogen and oxygen atoms in total. The quantitative estimate of drug-likeness (QED) is 0.836. The Kier molecular flexibility index (Phi) is 5.47. The topological polar surface area (TPSA) is 29.3 Å². The molecule has 0 saturated carbocycles. The Hall–Kier alpha value is -0.540. The number of anilines is 1. The number of hydrogen-bond acceptors (Lipinski definition) is 2. The first-order chi connectivity index (χ1) is 7.90. The van der Waals surface area contributed by atoms with Crippen LogP contribution >= 0.6 is 15.9 Å². The summed E-state index contributed by atoms with van der Waals surface area (Å²) in [7, 11) is 0. The number of nitrogen functional groups attached to an aromatic ring is 1. The third-order valence-electron chi connectivity index (χ3n) is 2.81. The number of nitrogens with zero attached hydrogens (tertiary/aromatic N) is 1. The van der Waals surface area contributed by atoms with Gasteiger partial charge in [0.05, 0.1) is 0 Å². The molecule has 0 amide bonds. The molecule has 1 rings (SSSR count). The number of rotatable bonds is 5. The van der Waals surface area contributed by atoms with Gasteiger partial charge in [0.25, 0.3) is 0 Å². The second-order valence-corrected chi connectivity index (χ2v) is 6.18. The van der Waals surface area contributed by atoms with E-state index in [1.165, 1.54) is 5.56 Å². The van der Waals surface area contributed by atoms with Crippen molar-refractivity contribution in [1.29, 1.82) is 0 Å². The molecule has 0 fully saturated rings. The van der Waals surface area contributed by atoms with Gasteiger partial charge in [-0.3, -0.25) is 4.90 Å². The van der Waals surface area contributed by atoms with Gasteiger partial charge in [-0.25, -0.2) is 0 Å². The highest BCUT2D eigenvalue weighted by Crippen LogP contribution is 2.21. The smallest absolute Gasteiger partial charge is 0.0371 e. The molecule has 1 aromatic rings. The molecule has 0 aromatic heterocycles. The van der Waals surface area contributed by atoms with Gasteiger partial charge in [-0.05, 0) is 37.5 Å². The molecule has 3 heteroatoms. The summed E-state index contributed by atoms with van der Waals surface area (Å²) in [4.78, 5) is 2.46. The molecule has 96 valence electrons. The third kappa shape index (κ3) is 4.68. The summed E-state index contributed by atoms with van der Waals surface area (Å²) < 4.78 is 1.04. The van der Waals surface area contributed by atoms with E-state index in [1.54, 1.807) is 0 Å². The zero-order valence-corrected chi connectivity index (χ0v) is 12.8. The lowest BCUT2D eigenvalue weighted by Crippen LogP contribution is -2.33. The van der Waals surface area contributed by atoms with Crippen LogP contribution in [-0.2, 0) is 6.54 Å². The van der Waals surface area contributed by atoms with Gasteiger partial charge in [0.1, 0.15) is 0 Å². The van der Waals surface area contributed by atoms with Gasteiger partial charge < -0.3 is 5.73 Å². The first-order valence-electron chi connectivity index (χ1n) is 6.18. The van der Waals surface area contributed by atoms with Crippen molar-refractivity contribution in [1.82, 2.24) is 4.90 Å². The number of benzene rings is 1. The van der Waals surface area contributed by atoms with Crippen molar-refractivity contribution in [3.05, 3.63) is 28.2 Å². The minimum absolute atomic E-state index is 0.542. The van der Waals surface area contributed by atoms with Crippen LogP contribution in [0.3, 0.4) is 0 Å². The third-order valence-corrected chi connectivity index (χ3v) is 3.30. The molecule has 0 aliphatic carbocycles. The second kappa shape index (κ2) is 6.41. The van der Waals surface area contributed by atoms with Crippen LogP contribution in [-0.4, -0.2) is 17.5 Å². The number of hydrogen-bond donors (Lipinski definition) is 1. The summed E-state index contributed by atoms with van der Waals surface area (Å²) >= 11 is 3.44. The minimum atomic E-state index is 0.542. The average molecular weight is 299 g/mol. The first kappa shape index (κ1) is 14.5. The van der Waals surface area contributed by atoms with Crippen LogP contribution in [0.5, 0.6) is 0 Å². The largest absolute Gasteiger partial charge is 0.398 e. The summed E-state index contributed by atoms with van der Waals surface area (Å²) in [6.07, 6.45) is 0. The van der Waals surface area contributed by atoms with E-state index in [9.17, 15) is 0 Å². The normalized spacial score (nSPS) is 11.8. The van der Waals surface area contributed by atoms with Crippen molar-refractivity contribution >= 4 is 21.6 Å². The Labute approximate surface area is 113 Å². The molecular formula is C14H23BrN2. The van der Waals surface area contributed by atoms with Gasteiger partial charge in [-0.1, -0.05) is 35.8 Å². The zero-order valence-electron chi connectivity index (χ0n) is 11.2. The summed E-state index contributed by atoms with van der Waals surface area (Å²) in [5.74, 6) is 0.675. The van der Waals surface area contributed by atoms with E-state index >= 15 is 0 Å². The van der Waals surface area contributed by atoms with Gasteiger partial charge in [0.2, 0.25) is 0 Å². The van der Waals surface area contributed by atoms with Crippen molar-refractivity contribution in [2.45, 2.75) is 40.3 Å². The molecule has 17 heavy (non-hydrogen) atoms. The molecule has 1 aromatic carbocycles. The zero-order chi connectivity index (χ0) is 13.0. The van der Waals surface area contributed by atoms with Crippen LogP contribution in [0.15, 0.2) is 22.7 Å². The molecule has 0 aliphatic heterocycles. The van der Waals surface area contributed by atoms with E-state index in [-0.39, 0.29) is 0 Å². The SMILES string of the molecule is CC(C)CN(Cc1ccc(Br)cc1N)C(C)C. The predicted octanol–water partition coefficient (Wildman–Crippen LogP) is 3.90. The lowest BCUT2D eigenvalue weighted by molar-refractivity contribution is 0.189. The fraction of sp³-hybridized carbons (Fsp3) is 0.571. The monoisotopic (exact) mass is 298 g/mol. The minimum Gasteiger partial charge on any atom is -0.398 e. The molecule has 0 aliphatic rings. The van der Waals surface area contributed by atoms with Crippen LogP contribution in [0.2, 0.25) is 0 Å². The molecule has 0 saturated heterocycles. The maximum Gasteiger partial charge on any atom is 0.0371 e. The predicted molar refractivity (Wildman–Crippen MR) is 78.9 cm³/mol. The Balaban J connectivity index is 2.78. The van der Waals surface area contributed by atoms with Gasteiger partial charge in [-0.15, -0.1) is 0 Å². The van der Waals surface area contributed by atoms with Crippen LogP contribution in [0.25, 0.3) is 0 Å². The van der Waals surface area contributed by atoms with Crippen molar-refractivity contribution < 1.29 is 0 Å². The fourth-order valence-electron chi connectivity index (χ4n) is 1.86. The summed E-state index contributed by atoms with van der Waals surface area (Å²) in [6, 6.07) is 6.68. The van der Waals surface area contributed by atoms with Gasteiger partial charge in [0.15, 0.2) is 0 Å². The van der Waals surface area contributed by atoms with E-state index in [4.69, 9.17) is 5.73 Å². The second-order valence-electron chi connectivity index (χ2n) is 5.26. The molecule has 0 radical (unpaired) electrons. The first-order valence-corrected chi connectivity index (χ1v) is 6.97. The standard InChI is InChI=1S/C14H23BrN2/c1-10(2)8-17(11(3)4)9-12-5-6-13(15)7-14(12)16/h5-7,10-11H,8-9,16H2,1-4H3. The molecule has 0 atom stereocenters.